The lowest BCUT2D eigenvalue weighted by Crippen LogP contribution is -2.10. The summed E-state index contributed by atoms with van der Waals surface area (Å²) in [5.41, 5.74) is 1.34. The highest BCUT2D eigenvalue weighted by Gasteiger charge is 2.12. The molecule has 0 heterocycles. The molecule has 0 amide bonds. The number of hydrogen-bond donors (Lipinski definition) is 0. The molecule has 0 aliphatic carbocycles. The Morgan fingerprint density at radius 1 is 1.31 bits per heavy atom. The van der Waals surface area contributed by atoms with Gasteiger partial charge < -0.3 is 4.74 Å². The summed E-state index contributed by atoms with van der Waals surface area (Å²) < 4.78 is 4.70. The van der Waals surface area contributed by atoms with E-state index in [0.717, 1.165) is 19.3 Å². The van der Waals surface area contributed by atoms with Gasteiger partial charge in [0.25, 0.3) is 0 Å². The van der Waals surface area contributed by atoms with Crippen LogP contribution in [0.2, 0.25) is 0 Å². The molecule has 1 aromatic rings. The zero-order valence-electron chi connectivity index (χ0n) is 10.1. The van der Waals surface area contributed by atoms with Crippen LogP contribution < -0.4 is 0 Å². The molecular weight excluding hydrogens is 200 g/mol. The van der Waals surface area contributed by atoms with Crippen LogP contribution in [0.15, 0.2) is 30.3 Å². The van der Waals surface area contributed by atoms with Crippen LogP contribution in [0.1, 0.15) is 31.7 Å². The highest BCUT2D eigenvalue weighted by Crippen LogP contribution is 2.17. The number of carbonyl (C=O) groups excluding carboxylic acids is 1. The van der Waals surface area contributed by atoms with Crippen LogP contribution >= 0.6 is 0 Å². The van der Waals surface area contributed by atoms with E-state index in [1.807, 2.05) is 6.07 Å². The van der Waals surface area contributed by atoms with E-state index in [-0.39, 0.29) is 5.97 Å². The number of methoxy groups -OCH3 is 1. The lowest BCUT2D eigenvalue weighted by molar-refractivity contribution is -0.141. The second kappa shape index (κ2) is 7.04. The lowest BCUT2D eigenvalue weighted by atomic mass is 9.94. The molecule has 0 unspecified atom stereocenters. The molecule has 1 atom stereocenters. The van der Waals surface area contributed by atoms with Crippen LogP contribution in [0.5, 0.6) is 0 Å². The molecule has 0 spiro atoms. The molecule has 0 saturated heterocycles. The average Bonchev–Trinajstić information content (AvgIpc) is 2.35. The van der Waals surface area contributed by atoms with Crippen LogP contribution in [0.25, 0.3) is 0 Å². The summed E-state index contributed by atoms with van der Waals surface area (Å²) in [7, 11) is 1.45. The van der Waals surface area contributed by atoms with Crippen molar-refractivity contribution in [1.82, 2.24) is 0 Å². The van der Waals surface area contributed by atoms with E-state index < -0.39 is 0 Å². The van der Waals surface area contributed by atoms with Gasteiger partial charge in [-0.1, -0.05) is 43.7 Å². The van der Waals surface area contributed by atoms with E-state index in [0.29, 0.717) is 12.3 Å². The van der Waals surface area contributed by atoms with E-state index in [4.69, 9.17) is 4.74 Å². The van der Waals surface area contributed by atoms with Gasteiger partial charge in [-0.3, -0.25) is 4.79 Å². The summed E-state index contributed by atoms with van der Waals surface area (Å²) in [5, 5.41) is 0. The Morgan fingerprint density at radius 3 is 2.56 bits per heavy atom. The summed E-state index contributed by atoms with van der Waals surface area (Å²) in [6, 6.07) is 10.4. The second-order valence-corrected chi connectivity index (χ2v) is 4.08. The minimum Gasteiger partial charge on any atom is -0.469 e. The molecule has 2 heteroatoms. The van der Waals surface area contributed by atoms with Gasteiger partial charge >= 0.3 is 5.97 Å². The number of carbonyl (C=O) groups is 1. The Kier molecular flexibility index (Phi) is 5.62. The Hall–Kier alpha value is -1.31. The molecule has 0 aliphatic heterocycles. The van der Waals surface area contributed by atoms with E-state index in [9.17, 15) is 4.79 Å². The number of rotatable bonds is 6. The van der Waals surface area contributed by atoms with E-state index >= 15 is 0 Å². The maximum atomic E-state index is 11.2. The normalized spacial score (nSPS) is 12.1. The van der Waals surface area contributed by atoms with Gasteiger partial charge in [-0.2, -0.15) is 0 Å². The summed E-state index contributed by atoms with van der Waals surface area (Å²) in [4.78, 5) is 11.2. The maximum absolute atomic E-state index is 11.2. The molecule has 1 rings (SSSR count). The first kappa shape index (κ1) is 12.8. The van der Waals surface area contributed by atoms with Crippen molar-refractivity contribution in [1.29, 1.82) is 0 Å². The van der Waals surface area contributed by atoms with E-state index in [1.54, 1.807) is 0 Å². The molecule has 16 heavy (non-hydrogen) atoms. The van der Waals surface area contributed by atoms with Crippen molar-refractivity contribution in [3.05, 3.63) is 35.9 Å². The van der Waals surface area contributed by atoms with Crippen LogP contribution in [0.3, 0.4) is 0 Å². The second-order valence-electron chi connectivity index (χ2n) is 4.08. The Morgan fingerprint density at radius 2 is 2.00 bits per heavy atom. The molecule has 0 N–H and O–H groups in total. The monoisotopic (exact) mass is 220 g/mol. The molecule has 0 radical (unpaired) electrons. The maximum Gasteiger partial charge on any atom is 0.305 e. The molecule has 0 aliphatic rings. The zero-order valence-corrected chi connectivity index (χ0v) is 10.1. The van der Waals surface area contributed by atoms with Crippen molar-refractivity contribution in [2.75, 3.05) is 7.11 Å². The third kappa shape index (κ3) is 4.47. The van der Waals surface area contributed by atoms with Crippen molar-refractivity contribution in [3.8, 4) is 0 Å². The summed E-state index contributed by atoms with van der Waals surface area (Å²) in [6.07, 6.45) is 3.66. The standard InChI is InChI=1S/C14H20O2/c1-3-12(11-14(15)16-2)9-10-13-7-5-4-6-8-13/h4-8,12H,3,9-11H2,1-2H3/t12-/m1/s1. The number of ether oxygens (including phenoxy) is 1. The molecule has 2 nitrogen and oxygen atoms in total. The topological polar surface area (TPSA) is 26.3 Å². The Balaban J connectivity index is 2.37. The molecule has 0 fully saturated rings. The summed E-state index contributed by atoms with van der Waals surface area (Å²) >= 11 is 0. The third-order valence-electron chi connectivity index (χ3n) is 2.94. The van der Waals surface area contributed by atoms with Crippen molar-refractivity contribution >= 4 is 5.97 Å². The number of esters is 1. The van der Waals surface area contributed by atoms with Crippen molar-refractivity contribution in [2.45, 2.75) is 32.6 Å². The predicted molar refractivity (Wildman–Crippen MR) is 65.2 cm³/mol. The number of hydrogen-bond acceptors (Lipinski definition) is 2. The fourth-order valence-electron chi connectivity index (χ4n) is 1.79. The first-order chi connectivity index (χ1) is 7.76. The zero-order chi connectivity index (χ0) is 11.8. The minimum absolute atomic E-state index is 0.0973. The van der Waals surface area contributed by atoms with Gasteiger partial charge in [0.15, 0.2) is 0 Å². The molecule has 0 aromatic heterocycles. The number of aryl methyl sites for hydroxylation is 1. The van der Waals surface area contributed by atoms with Gasteiger partial charge in [-0.15, -0.1) is 0 Å². The number of benzene rings is 1. The van der Waals surface area contributed by atoms with Crippen LogP contribution in [-0.4, -0.2) is 13.1 Å². The summed E-state index contributed by atoms with van der Waals surface area (Å²) in [6.45, 7) is 2.12. The van der Waals surface area contributed by atoms with Gasteiger partial charge in [0.2, 0.25) is 0 Å². The van der Waals surface area contributed by atoms with Crippen molar-refractivity contribution in [2.24, 2.45) is 5.92 Å². The Bertz CT molecular complexity index is 306. The molecule has 1 aromatic carbocycles. The van der Waals surface area contributed by atoms with E-state index in [2.05, 4.69) is 31.2 Å². The van der Waals surface area contributed by atoms with Gasteiger partial charge in [0, 0.05) is 6.42 Å². The smallest absolute Gasteiger partial charge is 0.305 e. The van der Waals surface area contributed by atoms with Crippen molar-refractivity contribution < 1.29 is 9.53 Å². The first-order valence-electron chi connectivity index (χ1n) is 5.87. The fraction of sp³-hybridized carbons (Fsp3) is 0.500. The van der Waals surface area contributed by atoms with Gasteiger partial charge in [0.05, 0.1) is 7.11 Å². The van der Waals surface area contributed by atoms with Gasteiger partial charge in [-0.05, 0) is 24.3 Å². The SMILES string of the molecule is CC[C@H](CCc1ccccc1)CC(=O)OC. The molecular formula is C14H20O2. The quantitative estimate of drug-likeness (QED) is 0.688. The molecule has 0 saturated carbocycles. The lowest BCUT2D eigenvalue weighted by Gasteiger charge is -2.13. The van der Waals surface area contributed by atoms with E-state index in [1.165, 1.54) is 12.7 Å². The Labute approximate surface area is 97.6 Å². The minimum atomic E-state index is -0.0973. The van der Waals surface area contributed by atoms with Crippen LogP contribution in [-0.2, 0) is 16.0 Å². The molecule has 88 valence electrons. The first-order valence-corrected chi connectivity index (χ1v) is 5.87. The van der Waals surface area contributed by atoms with Gasteiger partial charge in [0.1, 0.15) is 0 Å². The predicted octanol–water partition coefficient (Wildman–Crippen LogP) is 3.21. The van der Waals surface area contributed by atoms with Crippen LogP contribution in [0, 0.1) is 5.92 Å². The van der Waals surface area contributed by atoms with Crippen molar-refractivity contribution in [3.63, 3.8) is 0 Å². The largest absolute Gasteiger partial charge is 0.469 e. The molecule has 0 bridgehead atoms. The highest BCUT2D eigenvalue weighted by molar-refractivity contribution is 5.69. The summed E-state index contributed by atoms with van der Waals surface area (Å²) in [5.74, 6) is 0.340. The van der Waals surface area contributed by atoms with Gasteiger partial charge in [-0.25, -0.2) is 0 Å². The van der Waals surface area contributed by atoms with Crippen LogP contribution in [0.4, 0.5) is 0 Å². The average molecular weight is 220 g/mol. The highest BCUT2D eigenvalue weighted by atomic mass is 16.5. The third-order valence-corrected chi connectivity index (χ3v) is 2.94. The fourth-order valence-corrected chi connectivity index (χ4v) is 1.79.